The maximum atomic E-state index is 11.8. The summed E-state index contributed by atoms with van der Waals surface area (Å²) in [5.74, 6) is 1.17. The van der Waals surface area contributed by atoms with Crippen LogP contribution in [0.15, 0.2) is 30.3 Å². The van der Waals surface area contributed by atoms with Crippen LogP contribution in [-0.4, -0.2) is 5.78 Å². The van der Waals surface area contributed by atoms with Gasteiger partial charge in [0.1, 0.15) is 5.78 Å². The molecule has 0 amide bonds. The van der Waals surface area contributed by atoms with E-state index in [1.165, 1.54) is 5.56 Å². The summed E-state index contributed by atoms with van der Waals surface area (Å²) >= 11 is 0. The SMILES string of the molecule is CCC(=O)[C@H](CC)[C@@H](C)CCc1ccccc1. The van der Waals surface area contributed by atoms with Crippen molar-refractivity contribution in [3.8, 4) is 0 Å². The molecule has 0 spiro atoms. The molecule has 1 aromatic rings. The fraction of sp³-hybridized carbons (Fsp3) is 0.562. The third-order valence-corrected chi connectivity index (χ3v) is 3.62. The summed E-state index contributed by atoms with van der Waals surface area (Å²) in [5.41, 5.74) is 1.37. The Labute approximate surface area is 105 Å². The molecule has 0 aromatic heterocycles. The molecule has 1 heteroatoms. The van der Waals surface area contributed by atoms with Crippen molar-refractivity contribution in [2.75, 3.05) is 0 Å². The van der Waals surface area contributed by atoms with Gasteiger partial charge in [0, 0.05) is 12.3 Å². The van der Waals surface area contributed by atoms with E-state index in [-0.39, 0.29) is 5.92 Å². The Morgan fingerprint density at radius 2 is 1.82 bits per heavy atom. The predicted octanol–water partition coefficient (Wildman–Crippen LogP) is 4.26. The molecule has 2 atom stereocenters. The first-order valence-corrected chi connectivity index (χ1v) is 6.75. The highest BCUT2D eigenvalue weighted by Crippen LogP contribution is 2.23. The number of benzene rings is 1. The van der Waals surface area contributed by atoms with E-state index in [1.54, 1.807) is 0 Å². The van der Waals surface area contributed by atoms with Crippen molar-refractivity contribution in [1.29, 1.82) is 0 Å². The van der Waals surface area contributed by atoms with E-state index in [9.17, 15) is 4.79 Å². The average Bonchev–Trinajstić information content (AvgIpc) is 2.38. The molecule has 0 bridgehead atoms. The molecule has 0 N–H and O–H groups in total. The molecule has 0 aliphatic heterocycles. The van der Waals surface area contributed by atoms with Crippen molar-refractivity contribution in [1.82, 2.24) is 0 Å². The molecule has 0 saturated heterocycles. The Hall–Kier alpha value is -1.11. The number of aryl methyl sites for hydroxylation is 1. The van der Waals surface area contributed by atoms with Gasteiger partial charge in [-0.3, -0.25) is 4.79 Å². The largest absolute Gasteiger partial charge is 0.299 e. The number of hydrogen-bond donors (Lipinski definition) is 0. The lowest BCUT2D eigenvalue weighted by Gasteiger charge is -2.21. The van der Waals surface area contributed by atoms with Crippen molar-refractivity contribution in [3.05, 3.63) is 35.9 Å². The Balaban J connectivity index is 2.48. The second-order valence-electron chi connectivity index (χ2n) is 4.84. The van der Waals surface area contributed by atoms with Gasteiger partial charge in [0.05, 0.1) is 0 Å². The molecule has 0 unspecified atom stereocenters. The van der Waals surface area contributed by atoms with Crippen molar-refractivity contribution in [2.24, 2.45) is 11.8 Å². The first kappa shape index (κ1) is 14.0. The zero-order valence-electron chi connectivity index (χ0n) is 11.3. The quantitative estimate of drug-likeness (QED) is 0.686. The van der Waals surface area contributed by atoms with Crippen LogP contribution in [0.3, 0.4) is 0 Å². The lowest BCUT2D eigenvalue weighted by Crippen LogP contribution is -2.21. The highest BCUT2D eigenvalue weighted by Gasteiger charge is 2.21. The predicted molar refractivity (Wildman–Crippen MR) is 73.0 cm³/mol. The van der Waals surface area contributed by atoms with Gasteiger partial charge in [0.25, 0.3) is 0 Å². The van der Waals surface area contributed by atoms with E-state index in [2.05, 4.69) is 38.1 Å². The lowest BCUT2D eigenvalue weighted by atomic mass is 9.83. The third kappa shape index (κ3) is 4.33. The van der Waals surface area contributed by atoms with Crippen LogP contribution in [0.1, 0.15) is 45.6 Å². The van der Waals surface area contributed by atoms with Gasteiger partial charge >= 0.3 is 0 Å². The summed E-state index contributed by atoms with van der Waals surface area (Å²) < 4.78 is 0. The molecule has 0 heterocycles. The molecule has 0 aliphatic carbocycles. The molecule has 1 rings (SSSR count). The van der Waals surface area contributed by atoms with Crippen LogP contribution in [-0.2, 0) is 11.2 Å². The van der Waals surface area contributed by atoms with Gasteiger partial charge in [-0.2, -0.15) is 0 Å². The fourth-order valence-electron chi connectivity index (χ4n) is 2.45. The van der Waals surface area contributed by atoms with Crippen LogP contribution in [0.4, 0.5) is 0 Å². The summed E-state index contributed by atoms with van der Waals surface area (Å²) in [6.45, 7) is 6.30. The first-order valence-electron chi connectivity index (χ1n) is 6.75. The topological polar surface area (TPSA) is 17.1 Å². The molecule has 1 aromatic carbocycles. The molecule has 17 heavy (non-hydrogen) atoms. The minimum Gasteiger partial charge on any atom is -0.299 e. The Morgan fingerprint density at radius 1 is 1.18 bits per heavy atom. The lowest BCUT2D eigenvalue weighted by molar-refractivity contribution is -0.124. The van der Waals surface area contributed by atoms with E-state index >= 15 is 0 Å². The van der Waals surface area contributed by atoms with Crippen LogP contribution in [0.5, 0.6) is 0 Å². The van der Waals surface area contributed by atoms with Gasteiger partial charge in [0.15, 0.2) is 0 Å². The highest BCUT2D eigenvalue weighted by molar-refractivity contribution is 5.80. The molecule has 0 radical (unpaired) electrons. The van der Waals surface area contributed by atoms with Gasteiger partial charge in [-0.15, -0.1) is 0 Å². The number of carbonyl (C=O) groups is 1. The Bertz CT molecular complexity index is 329. The normalized spacial score (nSPS) is 14.3. The van der Waals surface area contributed by atoms with Crippen LogP contribution in [0.2, 0.25) is 0 Å². The molecule has 0 saturated carbocycles. The number of carbonyl (C=O) groups excluding carboxylic acids is 1. The third-order valence-electron chi connectivity index (χ3n) is 3.62. The van der Waals surface area contributed by atoms with Gasteiger partial charge in [0.2, 0.25) is 0 Å². The van der Waals surface area contributed by atoms with Crippen molar-refractivity contribution < 1.29 is 4.79 Å². The Kier molecular flexibility index (Phi) is 5.96. The molecular weight excluding hydrogens is 208 g/mol. The van der Waals surface area contributed by atoms with E-state index in [0.29, 0.717) is 18.1 Å². The number of ketones is 1. The summed E-state index contributed by atoms with van der Waals surface area (Å²) in [6.07, 6.45) is 3.83. The van der Waals surface area contributed by atoms with Crippen molar-refractivity contribution in [3.63, 3.8) is 0 Å². The van der Waals surface area contributed by atoms with Crippen LogP contribution >= 0.6 is 0 Å². The summed E-state index contributed by atoms with van der Waals surface area (Å²) in [4.78, 5) is 11.8. The smallest absolute Gasteiger partial charge is 0.135 e. The maximum Gasteiger partial charge on any atom is 0.135 e. The number of hydrogen-bond acceptors (Lipinski definition) is 1. The van der Waals surface area contributed by atoms with Gasteiger partial charge in [-0.05, 0) is 30.7 Å². The average molecular weight is 232 g/mol. The van der Waals surface area contributed by atoms with Crippen molar-refractivity contribution in [2.45, 2.75) is 46.5 Å². The first-order chi connectivity index (χ1) is 8.19. The standard InChI is InChI=1S/C16H24O/c1-4-15(16(17)5-2)13(3)11-12-14-9-7-6-8-10-14/h6-10,13,15H,4-5,11-12H2,1-3H3/t13-,15+/m0/s1. The fourth-order valence-corrected chi connectivity index (χ4v) is 2.45. The second-order valence-corrected chi connectivity index (χ2v) is 4.84. The molecule has 94 valence electrons. The molecule has 1 nitrogen and oxygen atoms in total. The zero-order chi connectivity index (χ0) is 12.7. The summed E-state index contributed by atoms with van der Waals surface area (Å²) in [6, 6.07) is 10.5. The molecular formula is C16H24O. The van der Waals surface area contributed by atoms with Gasteiger partial charge in [-0.25, -0.2) is 0 Å². The molecule has 0 aliphatic rings. The van der Waals surface area contributed by atoms with Crippen LogP contribution in [0, 0.1) is 11.8 Å². The maximum absolute atomic E-state index is 11.8. The van der Waals surface area contributed by atoms with E-state index in [0.717, 1.165) is 19.3 Å². The second kappa shape index (κ2) is 7.26. The minimum atomic E-state index is 0.253. The molecule has 0 fully saturated rings. The van der Waals surface area contributed by atoms with E-state index in [1.807, 2.05) is 13.0 Å². The summed E-state index contributed by atoms with van der Waals surface area (Å²) in [7, 11) is 0. The van der Waals surface area contributed by atoms with E-state index < -0.39 is 0 Å². The minimum absolute atomic E-state index is 0.253. The van der Waals surface area contributed by atoms with Gasteiger partial charge in [-0.1, -0.05) is 51.1 Å². The van der Waals surface area contributed by atoms with E-state index in [4.69, 9.17) is 0 Å². The van der Waals surface area contributed by atoms with Gasteiger partial charge < -0.3 is 0 Å². The highest BCUT2D eigenvalue weighted by atomic mass is 16.1. The number of rotatable bonds is 7. The zero-order valence-corrected chi connectivity index (χ0v) is 11.3. The van der Waals surface area contributed by atoms with Crippen LogP contribution in [0.25, 0.3) is 0 Å². The Morgan fingerprint density at radius 3 is 2.35 bits per heavy atom. The summed E-state index contributed by atoms with van der Waals surface area (Å²) in [5, 5.41) is 0. The monoisotopic (exact) mass is 232 g/mol. The van der Waals surface area contributed by atoms with Crippen molar-refractivity contribution >= 4 is 5.78 Å². The van der Waals surface area contributed by atoms with Crippen LogP contribution < -0.4 is 0 Å². The number of Topliss-reactive ketones (excluding diaryl/α,β-unsaturated/α-hetero) is 1.